The highest BCUT2D eigenvalue weighted by Gasteiger charge is 2.22. The SMILES string of the molecule is CCNC(=O)[C@@H](C)NC(=O)c1cn(Cc2ccccc2)nc1-c1ccc(C)c(C)c1. The first-order chi connectivity index (χ1) is 14.4. The molecule has 2 amide bonds. The molecule has 156 valence electrons. The summed E-state index contributed by atoms with van der Waals surface area (Å²) in [5.41, 5.74) is 5.33. The number of carbonyl (C=O) groups excluding carboxylic acids is 2. The Balaban J connectivity index is 1.95. The lowest BCUT2D eigenvalue weighted by Crippen LogP contribution is -2.44. The first-order valence-corrected chi connectivity index (χ1v) is 10.2. The van der Waals surface area contributed by atoms with Crippen molar-refractivity contribution in [1.82, 2.24) is 20.4 Å². The van der Waals surface area contributed by atoms with Crippen molar-refractivity contribution < 1.29 is 9.59 Å². The molecule has 6 heteroatoms. The van der Waals surface area contributed by atoms with Gasteiger partial charge in [0.1, 0.15) is 11.7 Å². The molecule has 0 aliphatic heterocycles. The van der Waals surface area contributed by atoms with Gasteiger partial charge in [-0.25, -0.2) is 0 Å². The lowest BCUT2D eigenvalue weighted by atomic mass is 10.0. The lowest BCUT2D eigenvalue weighted by Gasteiger charge is -2.13. The minimum absolute atomic E-state index is 0.213. The predicted molar refractivity (Wildman–Crippen MR) is 118 cm³/mol. The number of aromatic nitrogens is 2. The number of aryl methyl sites for hydroxylation is 2. The average Bonchev–Trinajstić information content (AvgIpc) is 3.15. The molecule has 1 heterocycles. The van der Waals surface area contributed by atoms with Gasteiger partial charge in [-0.1, -0.05) is 42.5 Å². The zero-order valence-electron chi connectivity index (χ0n) is 17.9. The molecule has 0 aliphatic rings. The van der Waals surface area contributed by atoms with Crippen LogP contribution in [0.5, 0.6) is 0 Å². The van der Waals surface area contributed by atoms with Crippen molar-refractivity contribution in [3.8, 4) is 11.3 Å². The van der Waals surface area contributed by atoms with Crippen molar-refractivity contribution in [2.45, 2.75) is 40.3 Å². The van der Waals surface area contributed by atoms with Crippen LogP contribution in [-0.2, 0) is 11.3 Å². The Labute approximate surface area is 177 Å². The maximum absolute atomic E-state index is 13.0. The zero-order chi connectivity index (χ0) is 21.7. The molecule has 0 spiro atoms. The van der Waals surface area contributed by atoms with Gasteiger partial charge >= 0.3 is 0 Å². The van der Waals surface area contributed by atoms with E-state index in [1.54, 1.807) is 17.8 Å². The summed E-state index contributed by atoms with van der Waals surface area (Å²) in [5.74, 6) is -0.531. The van der Waals surface area contributed by atoms with Crippen LogP contribution in [0.4, 0.5) is 0 Å². The molecule has 3 aromatic rings. The number of nitrogens with one attached hydrogen (secondary N) is 2. The van der Waals surface area contributed by atoms with E-state index in [1.165, 1.54) is 5.56 Å². The van der Waals surface area contributed by atoms with Crippen LogP contribution in [0.15, 0.2) is 54.7 Å². The van der Waals surface area contributed by atoms with Crippen molar-refractivity contribution in [1.29, 1.82) is 0 Å². The van der Waals surface area contributed by atoms with Gasteiger partial charge in [0.15, 0.2) is 0 Å². The van der Waals surface area contributed by atoms with Gasteiger partial charge in [-0.3, -0.25) is 14.3 Å². The molecule has 0 radical (unpaired) electrons. The number of hydrogen-bond acceptors (Lipinski definition) is 3. The van der Waals surface area contributed by atoms with E-state index in [-0.39, 0.29) is 11.8 Å². The quantitative estimate of drug-likeness (QED) is 0.633. The number of rotatable bonds is 7. The Morgan fingerprint density at radius 3 is 2.47 bits per heavy atom. The van der Waals surface area contributed by atoms with Crippen LogP contribution < -0.4 is 10.6 Å². The topological polar surface area (TPSA) is 76.0 Å². The van der Waals surface area contributed by atoms with Gasteiger partial charge in [0.2, 0.25) is 5.91 Å². The molecule has 0 fully saturated rings. The minimum Gasteiger partial charge on any atom is -0.355 e. The number of nitrogens with zero attached hydrogens (tertiary/aromatic N) is 2. The van der Waals surface area contributed by atoms with Crippen LogP contribution in [0.3, 0.4) is 0 Å². The normalized spacial score (nSPS) is 11.7. The Hall–Kier alpha value is -3.41. The number of likely N-dealkylation sites (N-methyl/N-ethyl adjacent to an activating group) is 1. The third kappa shape index (κ3) is 4.95. The van der Waals surface area contributed by atoms with Crippen molar-refractivity contribution >= 4 is 11.8 Å². The van der Waals surface area contributed by atoms with Gasteiger partial charge < -0.3 is 10.6 Å². The molecule has 0 aliphatic carbocycles. The highest BCUT2D eigenvalue weighted by Crippen LogP contribution is 2.25. The minimum atomic E-state index is -0.637. The second-order valence-electron chi connectivity index (χ2n) is 7.46. The highest BCUT2D eigenvalue weighted by molar-refractivity contribution is 6.01. The van der Waals surface area contributed by atoms with Crippen molar-refractivity contribution in [3.63, 3.8) is 0 Å². The zero-order valence-corrected chi connectivity index (χ0v) is 17.9. The fourth-order valence-electron chi connectivity index (χ4n) is 3.21. The number of carbonyl (C=O) groups is 2. The van der Waals surface area contributed by atoms with Crippen molar-refractivity contribution in [2.24, 2.45) is 0 Å². The van der Waals surface area contributed by atoms with Crippen molar-refractivity contribution in [3.05, 3.63) is 77.0 Å². The second-order valence-corrected chi connectivity index (χ2v) is 7.46. The van der Waals surface area contributed by atoms with E-state index >= 15 is 0 Å². The molecule has 3 rings (SSSR count). The Morgan fingerprint density at radius 2 is 1.80 bits per heavy atom. The number of hydrogen-bond donors (Lipinski definition) is 2. The van der Waals surface area contributed by atoms with E-state index in [2.05, 4.69) is 17.6 Å². The summed E-state index contributed by atoms with van der Waals surface area (Å²) in [5, 5.41) is 10.2. The summed E-state index contributed by atoms with van der Waals surface area (Å²) in [6, 6.07) is 15.4. The predicted octanol–water partition coefficient (Wildman–Crippen LogP) is 3.47. The van der Waals surface area contributed by atoms with Gasteiger partial charge in [-0.05, 0) is 50.5 Å². The maximum Gasteiger partial charge on any atom is 0.255 e. The summed E-state index contributed by atoms with van der Waals surface area (Å²) in [6.45, 7) is 8.68. The van der Waals surface area contributed by atoms with Gasteiger partial charge in [0.25, 0.3) is 5.91 Å². The fourth-order valence-corrected chi connectivity index (χ4v) is 3.21. The molecule has 6 nitrogen and oxygen atoms in total. The summed E-state index contributed by atoms with van der Waals surface area (Å²) in [7, 11) is 0. The van der Waals surface area contributed by atoms with Gasteiger partial charge in [0.05, 0.1) is 12.1 Å². The third-order valence-electron chi connectivity index (χ3n) is 5.07. The van der Waals surface area contributed by atoms with Crippen molar-refractivity contribution in [2.75, 3.05) is 6.54 Å². The smallest absolute Gasteiger partial charge is 0.255 e. The number of amides is 2. The Morgan fingerprint density at radius 1 is 1.07 bits per heavy atom. The molecule has 0 unspecified atom stereocenters. The van der Waals surface area contributed by atoms with Crippen LogP contribution in [-0.4, -0.2) is 34.2 Å². The Kier molecular flexibility index (Phi) is 6.67. The largest absolute Gasteiger partial charge is 0.355 e. The second kappa shape index (κ2) is 9.39. The molecule has 1 atom stereocenters. The molecule has 30 heavy (non-hydrogen) atoms. The van der Waals surface area contributed by atoms with Gasteiger partial charge in [-0.15, -0.1) is 0 Å². The molecule has 0 bridgehead atoms. The van der Waals surface area contributed by atoms with Crippen LogP contribution >= 0.6 is 0 Å². The summed E-state index contributed by atoms with van der Waals surface area (Å²) in [6.07, 6.45) is 1.75. The molecule has 0 saturated heterocycles. The van der Waals surface area contributed by atoms with Gasteiger partial charge in [0, 0.05) is 18.3 Å². The van der Waals surface area contributed by atoms with E-state index in [0.29, 0.717) is 24.3 Å². The summed E-state index contributed by atoms with van der Waals surface area (Å²) in [4.78, 5) is 25.1. The fraction of sp³-hybridized carbons (Fsp3) is 0.292. The molecule has 1 aromatic heterocycles. The van der Waals surface area contributed by atoms with E-state index in [1.807, 2.05) is 62.4 Å². The van der Waals surface area contributed by atoms with E-state index in [0.717, 1.165) is 16.7 Å². The standard InChI is InChI=1S/C24H28N4O2/c1-5-25-23(29)18(4)26-24(30)21-15-28(14-19-9-7-6-8-10-19)27-22(21)20-12-11-16(2)17(3)13-20/h6-13,15,18H,5,14H2,1-4H3,(H,25,29)(H,26,30)/t18-/m1/s1. The third-order valence-corrected chi connectivity index (χ3v) is 5.07. The van der Waals surface area contributed by atoms with E-state index < -0.39 is 6.04 Å². The van der Waals surface area contributed by atoms with Crippen LogP contribution in [0.25, 0.3) is 11.3 Å². The van der Waals surface area contributed by atoms with E-state index in [4.69, 9.17) is 5.10 Å². The van der Waals surface area contributed by atoms with Gasteiger partial charge in [-0.2, -0.15) is 5.10 Å². The molecule has 0 saturated carbocycles. The molecule has 2 N–H and O–H groups in total. The highest BCUT2D eigenvalue weighted by atomic mass is 16.2. The number of benzene rings is 2. The Bertz CT molecular complexity index is 1040. The monoisotopic (exact) mass is 404 g/mol. The lowest BCUT2D eigenvalue weighted by molar-refractivity contribution is -0.122. The maximum atomic E-state index is 13.0. The average molecular weight is 405 g/mol. The molecular formula is C24H28N4O2. The van der Waals surface area contributed by atoms with Crippen LogP contribution in [0, 0.1) is 13.8 Å². The first-order valence-electron chi connectivity index (χ1n) is 10.2. The molecule has 2 aromatic carbocycles. The summed E-state index contributed by atoms with van der Waals surface area (Å²) >= 11 is 0. The molecular weight excluding hydrogens is 376 g/mol. The summed E-state index contributed by atoms with van der Waals surface area (Å²) < 4.78 is 1.77. The van der Waals surface area contributed by atoms with Crippen LogP contribution in [0.2, 0.25) is 0 Å². The van der Waals surface area contributed by atoms with E-state index in [9.17, 15) is 9.59 Å². The first kappa shape index (κ1) is 21.3. The van der Waals surface area contributed by atoms with Crippen LogP contribution in [0.1, 0.15) is 40.9 Å².